The summed E-state index contributed by atoms with van der Waals surface area (Å²) in [5.41, 5.74) is 0. The van der Waals surface area contributed by atoms with Crippen molar-refractivity contribution in [2.45, 2.75) is 12.8 Å². The van der Waals surface area contributed by atoms with E-state index in [9.17, 15) is 8.42 Å². The van der Waals surface area contributed by atoms with Crippen molar-refractivity contribution in [3.63, 3.8) is 0 Å². The summed E-state index contributed by atoms with van der Waals surface area (Å²) in [6.45, 7) is 1.91. The lowest BCUT2D eigenvalue weighted by Gasteiger charge is -2.22. The van der Waals surface area contributed by atoms with E-state index in [1.165, 1.54) is 0 Å². The molecule has 1 rings (SSSR count). The number of hydrogen-bond acceptors (Lipinski definition) is 3. The number of hydrogen-bond donors (Lipinski definition) is 2. The van der Waals surface area contributed by atoms with Crippen molar-refractivity contribution in [1.29, 1.82) is 0 Å². The minimum Gasteiger partial charge on any atom is -0.317 e. The molecule has 1 saturated heterocycles. The molecular formula is C9H16N2O2S. The predicted molar refractivity (Wildman–Crippen MR) is 56.2 cm³/mol. The highest BCUT2D eigenvalue weighted by molar-refractivity contribution is 7.89. The van der Waals surface area contributed by atoms with Gasteiger partial charge in [0.2, 0.25) is 10.0 Å². The van der Waals surface area contributed by atoms with Gasteiger partial charge in [-0.3, -0.25) is 0 Å². The second-order valence-corrected chi connectivity index (χ2v) is 5.35. The van der Waals surface area contributed by atoms with Crippen molar-refractivity contribution < 1.29 is 8.42 Å². The van der Waals surface area contributed by atoms with E-state index in [1.54, 1.807) is 0 Å². The molecule has 0 unspecified atom stereocenters. The molecule has 5 heteroatoms. The number of sulfonamides is 1. The Hall–Kier alpha value is -0.570. The third kappa shape index (κ3) is 4.09. The zero-order valence-corrected chi connectivity index (χ0v) is 8.94. The third-order valence-corrected chi connectivity index (χ3v) is 3.80. The Morgan fingerprint density at radius 3 is 2.64 bits per heavy atom. The Kier molecular flexibility index (Phi) is 4.39. The Bertz CT molecular complexity index is 299. The summed E-state index contributed by atoms with van der Waals surface area (Å²) in [5, 5.41) is 3.20. The third-order valence-electron chi connectivity index (χ3n) is 2.31. The second-order valence-electron chi connectivity index (χ2n) is 3.50. The maximum Gasteiger partial charge on any atom is 0.212 e. The van der Waals surface area contributed by atoms with Crippen LogP contribution < -0.4 is 10.0 Å². The van der Waals surface area contributed by atoms with Crippen molar-refractivity contribution in [2.24, 2.45) is 5.92 Å². The fourth-order valence-corrected chi connectivity index (χ4v) is 2.94. The first kappa shape index (κ1) is 11.5. The molecule has 0 saturated carbocycles. The van der Waals surface area contributed by atoms with Gasteiger partial charge in [-0.25, -0.2) is 13.1 Å². The Labute approximate surface area is 85.5 Å². The molecule has 80 valence electrons. The molecule has 0 aromatic rings. The predicted octanol–water partition coefficient (Wildman–Crippen LogP) is -0.461. The summed E-state index contributed by atoms with van der Waals surface area (Å²) >= 11 is 0. The summed E-state index contributed by atoms with van der Waals surface area (Å²) in [7, 11) is -3.16. The van der Waals surface area contributed by atoms with Crippen LogP contribution in [0.3, 0.4) is 0 Å². The van der Waals surface area contributed by atoms with Gasteiger partial charge in [-0.05, 0) is 31.8 Å². The lowest BCUT2D eigenvalue weighted by Crippen LogP contribution is -2.35. The SMILES string of the molecule is C#CCNS(=O)(=O)CC1CCNCC1. The summed E-state index contributed by atoms with van der Waals surface area (Å²) < 4.78 is 25.2. The maximum absolute atomic E-state index is 11.4. The van der Waals surface area contributed by atoms with Crippen molar-refractivity contribution in [3.05, 3.63) is 0 Å². The molecule has 4 nitrogen and oxygen atoms in total. The van der Waals surface area contributed by atoms with Crippen LogP contribution in [0, 0.1) is 18.3 Å². The summed E-state index contributed by atoms with van der Waals surface area (Å²) in [4.78, 5) is 0. The zero-order chi connectivity index (χ0) is 10.4. The highest BCUT2D eigenvalue weighted by atomic mass is 32.2. The molecule has 2 N–H and O–H groups in total. The number of piperidine rings is 1. The highest BCUT2D eigenvalue weighted by Crippen LogP contribution is 2.13. The van der Waals surface area contributed by atoms with Crippen molar-refractivity contribution in [2.75, 3.05) is 25.4 Å². The van der Waals surface area contributed by atoms with E-state index in [2.05, 4.69) is 16.0 Å². The molecule has 1 heterocycles. The summed E-state index contributed by atoms with van der Waals surface area (Å²) in [6, 6.07) is 0. The largest absolute Gasteiger partial charge is 0.317 e. The molecule has 0 aromatic heterocycles. The van der Waals surface area contributed by atoms with Gasteiger partial charge in [0.05, 0.1) is 12.3 Å². The molecule has 1 aliphatic heterocycles. The highest BCUT2D eigenvalue weighted by Gasteiger charge is 2.20. The van der Waals surface area contributed by atoms with E-state index < -0.39 is 10.0 Å². The van der Waals surface area contributed by atoms with Crippen LogP contribution in [0.5, 0.6) is 0 Å². The van der Waals surface area contributed by atoms with Gasteiger partial charge in [-0.15, -0.1) is 6.42 Å². The minimum absolute atomic E-state index is 0.0906. The van der Waals surface area contributed by atoms with Gasteiger partial charge in [0, 0.05) is 0 Å². The zero-order valence-electron chi connectivity index (χ0n) is 8.12. The molecular weight excluding hydrogens is 200 g/mol. The van der Waals surface area contributed by atoms with Crippen molar-refractivity contribution >= 4 is 10.0 Å². The van der Waals surface area contributed by atoms with Gasteiger partial charge < -0.3 is 5.32 Å². The molecule has 0 aromatic carbocycles. The molecule has 0 atom stereocenters. The Morgan fingerprint density at radius 1 is 1.43 bits per heavy atom. The molecule has 1 fully saturated rings. The van der Waals surface area contributed by atoms with E-state index >= 15 is 0 Å². The maximum atomic E-state index is 11.4. The van der Waals surface area contributed by atoms with E-state index in [4.69, 9.17) is 6.42 Å². The number of rotatable bonds is 4. The van der Waals surface area contributed by atoms with Crippen LogP contribution in [0.25, 0.3) is 0 Å². The standard InChI is InChI=1S/C9H16N2O2S/c1-2-5-11-14(12,13)8-9-3-6-10-7-4-9/h1,9-11H,3-8H2. The quantitative estimate of drug-likeness (QED) is 0.625. The Morgan fingerprint density at radius 2 is 2.07 bits per heavy atom. The first-order chi connectivity index (χ1) is 6.64. The van der Waals surface area contributed by atoms with Crippen LogP contribution in [0.15, 0.2) is 0 Å². The lowest BCUT2D eigenvalue weighted by molar-refractivity contribution is 0.400. The van der Waals surface area contributed by atoms with Crippen LogP contribution in [0.2, 0.25) is 0 Å². The van der Waals surface area contributed by atoms with E-state index in [-0.39, 0.29) is 18.2 Å². The average molecular weight is 216 g/mol. The van der Waals surface area contributed by atoms with Crippen LogP contribution in [-0.2, 0) is 10.0 Å². The Balaban J connectivity index is 2.38. The fourth-order valence-electron chi connectivity index (χ4n) is 1.57. The van der Waals surface area contributed by atoms with E-state index in [1.807, 2.05) is 0 Å². The topological polar surface area (TPSA) is 58.2 Å². The first-order valence-electron chi connectivity index (χ1n) is 4.75. The smallest absolute Gasteiger partial charge is 0.212 e. The normalized spacial score (nSPS) is 19.1. The van der Waals surface area contributed by atoms with Crippen LogP contribution in [0.4, 0.5) is 0 Å². The molecule has 0 radical (unpaired) electrons. The van der Waals surface area contributed by atoms with Gasteiger partial charge in [0.1, 0.15) is 0 Å². The molecule has 1 aliphatic rings. The fraction of sp³-hybridized carbons (Fsp3) is 0.778. The average Bonchev–Trinajstić information content (AvgIpc) is 2.16. The van der Waals surface area contributed by atoms with Gasteiger partial charge in [-0.1, -0.05) is 5.92 Å². The van der Waals surface area contributed by atoms with E-state index in [0.29, 0.717) is 0 Å². The summed E-state index contributed by atoms with van der Waals surface area (Å²) in [5.74, 6) is 2.73. The van der Waals surface area contributed by atoms with Crippen LogP contribution >= 0.6 is 0 Å². The number of terminal acetylenes is 1. The lowest BCUT2D eigenvalue weighted by atomic mass is 10.0. The second kappa shape index (κ2) is 5.35. The van der Waals surface area contributed by atoms with E-state index in [0.717, 1.165) is 25.9 Å². The van der Waals surface area contributed by atoms with Crippen LogP contribution in [0.1, 0.15) is 12.8 Å². The van der Waals surface area contributed by atoms with Crippen LogP contribution in [-0.4, -0.2) is 33.8 Å². The van der Waals surface area contributed by atoms with Gasteiger partial charge in [-0.2, -0.15) is 0 Å². The number of nitrogens with one attached hydrogen (secondary N) is 2. The monoisotopic (exact) mass is 216 g/mol. The minimum atomic E-state index is -3.16. The molecule has 0 amide bonds. The van der Waals surface area contributed by atoms with Gasteiger partial charge in [0.25, 0.3) is 0 Å². The van der Waals surface area contributed by atoms with Crippen molar-refractivity contribution in [3.8, 4) is 12.3 Å². The molecule has 0 spiro atoms. The van der Waals surface area contributed by atoms with Gasteiger partial charge in [0.15, 0.2) is 0 Å². The summed E-state index contributed by atoms with van der Waals surface area (Å²) in [6.07, 6.45) is 6.84. The molecule has 0 bridgehead atoms. The molecule has 0 aliphatic carbocycles. The van der Waals surface area contributed by atoms with Gasteiger partial charge >= 0.3 is 0 Å². The molecule has 14 heavy (non-hydrogen) atoms. The first-order valence-corrected chi connectivity index (χ1v) is 6.41. The van der Waals surface area contributed by atoms with Crippen molar-refractivity contribution in [1.82, 2.24) is 10.0 Å².